The molecule has 1 atom stereocenters. The number of ether oxygens (including phenoxy) is 2. The Morgan fingerprint density at radius 3 is 2.07 bits per heavy atom. The number of anilines is 1. The Balaban J connectivity index is 1.69. The van der Waals surface area contributed by atoms with Gasteiger partial charge in [0.25, 0.3) is 0 Å². The van der Waals surface area contributed by atoms with Crippen LogP contribution in [0, 0.1) is 0 Å². The number of nitrogens with one attached hydrogen (secondary N) is 2. The predicted molar refractivity (Wildman–Crippen MR) is 111 cm³/mol. The Labute approximate surface area is 173 Å². The van der Waals surface area contributed by atoms with Crippen molar-refractivity contribution in [1.29, 1.82) is 0 Å². The van der Waals surface area contributed by atoms with Crippen LogP contribution in [0.3, 0.4) is 0 Å². The summed E-state index contributed by atoms with van der Waals surface area (Å²) in [4.78, 5) is 12.4. The van der Waals surface area contributed by atoms with Gasteiger partial charge in [-0.3, -0.25) is 10.1 Å². The van der Waals surface area contributed by atoms with Crippen LogP contribution in [0.2, 0.25) is 0 Å². The van der Waals surface area contributed by atoms with Crippen LogP contribution in [0.4, 0.5) is 14.5 Å². The van der Waals surface area contributed by atoms with Crippen molar-refractivity contribution in [2.24, 2.45) is 0 Å². The van der Waals surface area contributed by atoms with Gasteiger partial charge < -0.3 is 14.8 Å². The van der Waals surface area contributed by atoms with Crippen molar-refractivity contribution in [3.63, 3.8) is 0 Å². The largest absolute Gasteiger partial charge is 0.497 e. The smallest absolute Gasteiger partial charge is 0.387 e. The fraction of sp³-hybridized carbons (Fsp3) is 0.174. The summed E-state index contributed by atoms with van der Waals surface area (Å²) in [5, 5.41) is 6.05. The SMILES string of the molecule is COc1ccc(NC(=O)CN[C@H](c2ccccc2)c2ccc(OC(F)F)cc2)cc1. The first-order chi connectivity index (χ1) is 14.5. The molecule has 0 aliphatic rings. The van der Waals surface area contributed by atoms with E-state index in [2.05, 4.69) is 15.4 Å². The average molecular weight is 412 g/mol. The molecule has 5 nitrogen and oxygen atoms in total. The van der Waals surface area contributed by atoms with E-state index in [0.29, 0.717) is 11.4 Å². The number of carbonyl (C=O) groups is 1. The number of benzene rings is 3. The molecule has 7 heteroatoms. The number of amides is 1. The quantitative estimate of drug-likeness (QED) is 0.539. The molecule has 0 spiro atoms. The zero-order valence-electron chi connectivity index (χ0n) is 16.3. The molecule has 3 aromatic carbocycles. The first-order valence-electron chi connectivity index (χ1n) is 9.32. The molecule has 156 valence electrons. The maximum absolute atomic E-state index is 12.4. The second kappa shape index (κ2) is 10.4. The molecular weight excluding hydrogens is 390 g/mol. The van der Waals surface area contributed by atoms with E-state index in [1.54, 1.807) is 43.5 Å². The minimum atomic E-state index is -2.87. The number of hydrogen-bond donors (Lipinski definition) is 2. The minimum Gasteiger partial charge on any atom is -0.497 e. The van der Waals surface area contributed by atoms with E-state index in [1.165, 1.54) is 12.1 Å². The van der Waals surface area contributed by atoms with Crippen molar-refractivity contribution in [3.05, 3.63) is 90.0 Å². The van der Waals surface area contributed by atoms with Crippen LogP contribution >= 0.6 is 0 Å². The number of alkyl halides is 2. The molecule has 3 aromatic rings. The van der Waals surface area contributed by atoms with Crippen molar-refractivity contribution >= 4 is 11.6 Å². The minimum absolute atomic E-state index is 0.0564. The Morgan fingerprint density at radius 2 is 1.47 bits per heavy atom. The summed E-state index contributed by atoms with van der Waals surface area (Å²) in [7, 11) is 1.58. The lowest BCUT2D eigenvalue weighted by molar-refractivity contribution is -0.115. The second-order valence-electron chi connectivity index (χ2n) is 6.45. The second-order valence-corrected chi connectivity index (χ2v) is 6.45. The maximum Gasteiger partial charge on any atom is 0.387 e. The molecule has 0 saturated heterocycles. The lowest BCUT2D eigenvalue weighted by Crippen LogP contribution is -2.31. The van der Waals surface area contributed by atoms with Gasteiger partial charge in [0, 0.05) is 5.69 Å². The molecule has 0 bridgehead atoms. The third-order valence-corrected chi connectivity index (χ3v) is 4.41. The first kappa shape index (κ1) is 21.3. The normalized spacial score (nSPS) is 11.7. The van der Waals surface area contributed by atoms with E-state index in [0.717, 1.165) is 11.1 Å². The third-order valence-electron chi connectivity index (χ3n) is 4.41. The summed E-state index contributed by atoms with van der Waals surface area (Å²) in [6.07, 6.45) is 0. The molecular formula is C23H22F2N2O3. The van der Waals surface area contributed by atoms with Gasteiger partial charge >= 0.3 is 6.61 Å². The lowest BCUT2D eigenvalue weighted by atomic mass is 9.98. The molecule has 0 unspecified atom stereocenters. The van der Waals surface area contributed by atoms with Gasteiger partial charge in [0.15, 0.2) is 0 Å². The molecule has 0 heterocycles. The molecule has 0 aliphatic heterocycles. The van der Waals surface area contributed by atoms with Crippen LogP contribution in [-0.4, -0.2) is 26.2 Å². The molecule has 0 aromatic heterocycles. The summed E-state index contributed by atoms with van der Waals surface area (Å²) in [5.41, 5.74) is 2.42. The van der Waals surface area contributed by atoms with Crippen LogP contribution in [0.5, 0.6) is 11.5 Å². The van der Waals surface area contributed by atoms with Gasteiger partial charge in [-0.05, 0) is 47.5 Å². The van der Waals surface area contributed by atoms with Gasteiger partial charge in [-0.2, -0.15) is 8.78 Å². The van der Waals surface area contributed by atoms with Crippen LogP contribution in [-0.2, 0) is 4.79 Å². The van der Waals surface area contributed by atoms with E-state index in [9.17, 15) is 13.6 Å². The molecule has 3 rings (SSSR count). The van der Waals surface area contributed by atoms with Crippen molar-refractivity contribution in [2.75, 3.05) is 19.0 Å². The lowest BCUT2D eigenvalue weighted by Gasteiger charge is -2.20. The maximum atomic E-state index is 12.4. The molecule has 0 aliphatic carbocycles. The first-order valence-corrected chi connectivity index (χ1v) is 9.32. The fourth-order valence-corrected chi connectivity index (χ4v) is 2.99. The van der Waals surface area contributed by atoms with Crippen molar-refractivity contribution < 1.29 is 23.0 Å². The number of carbonyl (C=O) groups excluding carboxylic acids is 1. The standard InChI is InChI=1S/C23H22F2N2O3/c1-29-19-13-9-18(10-14-19)27-21(28)15-26-22(16-5-3-2-4-6-16)17-7-11-20(12-8-17)30-23(24)25/h2-14,22-23,26H,15H2,1H3,(H,27,28)/t22-/m1/s1. The summed E-state index contributed by atoms with van der Waals surface area (Å²) >= 11 is 0. The van der Waals surface area contributed by atoms with Crippen molar-refractivity contribution in [3.8, 4) is 11.5 Å². The fourth-order valence-electron chi connectivity index (χ4n) is 2.99. The highest BCUT2D eigenvalue weighted by molar-refractivity contribution is 5.92. The van der Waals surface area contributed by atoms with Crippen molar-refractivity contribution in [1.82, 2.24) is 5.32 Å². The van der Waals surface area contributed by atoms with Crippen LogP contribution in [0.25, 0.3) is 0 Å². The van der Waals surface area contributed by atoms with Crippen LogP contribution in [0.15, 0.2) is 78.9 Å². The van der Waals surface area contributed by atoms with Crippen LogP contribution < -0.4 is 20.1 Å². The molecule has 0 radical (unpaired) electrons. The predicted octanol–water partition coefficient (Wildman–Crippen LogP) is 4.61. The molecule has 1 amide bonds. The van der Waals surface area contributed by atoms with E-state index >= 15 is 0 Å². The highest BCUT2D eigenvalue weighted by Gasteiger charge is 2.16. The number of methoxy groups -OCH3 is 1. The summed E-state index contributed by atoms with van der Waals surface area (Å²) in [6, 6.07) is 22.7. The van der Waals surface area contributed by atoms with E-state index in [4.69, 9.17) is 4.74 Å². The highest BCUT2D eigenvalue weighted by atomic mass is 19.3. The van der Waals surface area contributed by atoms with Gasteiger partial charge in [-0.15, -0.1) is 0 Å². The number of halogens is 2. The van der Waals surface area contributed by atoms with Gasteiger partial charge in [0.1, 0.15) is 11.5 Å². The molecule has 2 N–H and O–H groups in total. The summed E-state index contributed by atoms with van der Waals surface area (Å²) in [5.74, 6) is 0.575. The average Bonchev–Trinajstić information content (AvgIpc) is 2.76. The van der Waals surface area contributed by atoms with Crippen LogP contribution in [0.1, 0.15) is 17.2 Å². The monoisotopic (exact) mass is 412 g/mol. The highest BCUT2D eigenvalue weighted by Crippen LogP contribution is 2.25. The van der Waals surface area contributed by atoms with Gasteiger partial charge in [0.2, 0.25) is 5.91 Å². The molecule has 0 fully saturated rings. The van der Waals surface area contributed by atoms with E-state index in [1.807, 2.05) is 30.3 Å². The molecule has 0 saturated carbocycles. The van der Waals surface area contributed by atoms with E-state index < -0.39 is 6.61 Å². The summed E-state index contributed by atoms with van der Waals surface area (Å²) < 4.78 is 34.3. The van der Waals surface area contributed by atoms with E-state index in [-0.39, 0.29) is 24.2 Å². The third kappa shape index (κ3) is 6.02. The number of hydrogen-bond acceptors (Lipinski definition) is 4. The van der Waals surface area contributed by atoms with Gasteiger partial charge in [-0.1, -0.05) is 42.5 Å². The number of rotatable bonds is 9. The van der Waals surface area contributed by atoms with Gasteiger partial charge in [0.05, 0.1) is 19.7 Å². The topological polar surface area (TPSA) is 59.6 Å². The Bertz CT molecular complexity index is 933. The zero-order chi connectivity index (χ0) is 21.3. The molecule has 30 heavy (non-hydrogen) atoms. The Morgan fingerprint density at radius 1 is 0.867 bits per heavy atom. The Kier molecular flexibility index (Phi) is 7.34. The zero-order valence-corrected chi connectivity index (χ0v) is 16.3. The Hall–Kier alpha value is -3.45. The summed E-state index contributed by atoms with van der Waals surface area (Å²) in [6.45, 7) is -2.82. The van der Waals surface area contributed by atoms with Crippen molar-refractivity contribution in [2.45, 2.75) is 12.7 Å². The van der Waals surface area contributed by atoms with Gasteiger partial charge in [-0.25, -0.2) is 0 Å².